The highest BCUT2D eigenvalue weighted by molar-refractivity contribution is 7.13. The first kappa shape index (κ1) is 20.3. The number of piperidine rings is 1. The molecule has 1 saturated heterocycles. The Balaban J connectivity index is 1.38. The number of likely N-dealkylation sites (tertiary alicyclic amines) is 1. The van der Waals surface area contributed by atoms with E-state index in [2.05, 4.69) is 25.7 Å². The molecule has 1 aromatic carbocycles. The Morgan fingerprint density at radius 3 is 2.61 bits per heavy atom. The first-order valence-electron chi connectivity index (χ1n) is 9.48. The molecule has 28 heavy (non-hydrogen) atoms. The maximum Gasteiger partial charge on any atom is 0.286 e. The largest absolute Gasteiger partial charge is 0.355 e. The number of hydrogen-bond donors (Lipinski definition) is 2. The Bertz CT molecular complexity index is 790. The number of aromatic nitrogens is 2. The highest BCUT2D eigenvalue weighted by Gasteiger charge is 2.14. The predicted octanol–water partition coefficient (Wildman–Crippen LogP) is 2.46. The van der Waals surface area contributed by atoms with Crippen LogP contribution in [0.2, 0.25) is 0 Å². The highest BCUT2D eigenvalue weighted by atomic mass is 32.1. The maximum absolute atomic E-state index is 12.9. The molecule has 0 bridgehead atoms. The Labute approximate surface area is 167 Å². The van der Waals surface area contributed by atoms with Crippen LogP contribution in [0.25, 0.3) is 0 Å². The second-order valence-corrected chi connectivity index (χ2v) is 7.78. The van der Waals surface area contributed by atoms with Gasteiger partial charge in [0.05, 0.1) is 0 Å². The van der Waals surface area contributed by atoms with Crippen LogP contribution in [0.15, 0.2) is 24.3 Å². The zero-order valence-corrected chi connectivity index (χ0v) is 16.4. The van der Waals surface area contributed by atoms with Crippen LogP contribution in [-0.4, -0.2) is 53.1 Å². The molecule has 0 saturated carbocycles. The molecule has 1 aromatic heterocycles. The molecule has 2 amide bonds. The number of anilines is 1. The van der Waals surface area contributed by atoms with Crippen LogP contribution in [0, 0.1) is 5.82 Å². The summed E-state index contributed by atoms with van der Waals surface area (Å²) in [5.74, 6) is -0.795. The molecule has 150 valence electrons. The van der Waals surface area contributed by atoms with Gasteiger partial charge in [0, 0.05) is 31.6 Å². The third kappa shape index (κ3) is 6.35. The van der Waals surface area contributed by atoms with Crippen molar-refractivity contribution < 1.29 is 14.0 Å². The number of halogens is 1. The minimum atomic E-state index is -0.402. The van der Waals surface area contributed by atoms with E-state index in [9.17, 15) is 14.0 Å². The van der Waals surface area contributed by atoms with Crippen molar-refractivity contribution >= 4 is 28.8 Å². The van der Waals surface area contributed by atoms with Crippen molar-refractivity contribution in [3.63, 3.8) is 0 Å². The van der Waals surface area contributed by atoms with Gasteiger partial charge in [-0.2, -0.15) is 0 Å². The number of carbonyl (C=O) groups is 2. The van der Waals surface area contributed by atoms with E-state index in [0.29, 0.717) is 30.1 Å². The lowest BCUT2D eigenvalue weighted by atomic mass is 10.1. The lowest BCUT2D eigenvalue weighted by Gasteiger charge is -2.26. The van der Waals surface area contributed by atoms with Crippen LogP contribution in [0.3, 0.4) is 0 Å². The lowest BCUT2D eigenvalue weighted by Crippen LogP contribution is -2.37. The Kier molecular flexibility index (Phi) is 7.44. The molecule has 1 aliphatic heterocycles. The van der Waals surface area contributed by atoms with Crippen molar-refractivity contribution in [2.45, 2.75) is 32.1 Å². The smallest absolute Gasteiger partial charge is 0.286 e. The van der Waals surface area contributed by atoms with Crippen molar-refractivity contribution in [2.24, 2.45) is 0 Å². The molecule has 1 aliphatic rings. The maximum atomic E-state index is 12.9. The number of nitrogens with one attached hydrogen (secondary N) is 2. The summed E-state index contributed by atoms with van der Waals surface area (Å²) >= 11 is 1.16. The summed E-state index contributed by atoms with van der Waals surface area (Å²) in [6.07, 6.45) is 4.53. The number of amides is 2. The zero-order valence-electron chi connectivity index (χ0n) is 15.6. The summed E-state index contributed by atoms with van der Waals surface area (Å²) in [4.78, 5) is 26.5. The van der Waals surface area contributed by atoms with E-state index in [-0.39, 0.29) is 16.7 Å². The zero-order chi connectivity index (χ0) is 19.8. The molecule has 0 spiro atoms. The number of hydrogen-bond acceptors (Lipinski definition) is 6. The van der Waals surface area contributed by atoms with E-state index in [0.717, 1.165) is 31.0 Å². The Hall–Kier alpha value is -2.39. The minimum absolute atomic E-state index is 0.0236. The number of carbonyl (C=O) groups excluding carboxylic acids is 2. The van der Waals surface area contributed by atoms with Gasteiger partial charge in [-0.25, -0.2) is 4.39 Å². The quantitative estimate of drug-likeness (QED) is 0.705. The minimum Gasteiger partial charge on any atom is -0.355 e. The van der Waals surface area contributed by atoms with Crippen LogP contribution in [0.5, 0.6) is 0 Å². The second kappa shape index (κ2) is 10.2. The van der Waals surface area contributed by atoms with Gasteiger partial charge in [0.2, 0.25) is 10.9 Å². The van der Waals surface area contributed by atoms with Gasteiger partial charge in [-0.1, -0.05) is 17.8 Å². The third-order valence-corrected chi connectivity index (χ3v) is 5.51. The summed E-state index contributed by atoms with van der Waals surface area (Å²) in [6.45, 7) is 3.77. The van der Waals surface area contributed by atoms with Crippen molar-refractivity contribution in [1.82, 2.24) is 20.4 Å². The molecule has 2 N–H and O–H groups in total. The van der Waals surface area contributed by atoms with Gasteiger partial charge in [-0.05, 0) is 50.2 Å². The van der Waals surface area contributed by atoms with Crippen LogP contribution in [0.1, 0.15) is 40.5 Å². The average Bonchev–Trinajstić information content (AvgIpc) is 3.18. The van der Waals surface area contributed by atoms with Gasteiger partial charge in [0.15, 0.2) is 0 Å². The monoisotopic (exact) mass is 405 g/mol. The first-order chi connectivity index (χ1) is 13.6. The van der Waals surface area contributed by atoms with E-state index in [1.807, 2.05) is 0 Å². The lowest BCUT2D eigenvalue weighted by molar-refractivity contribution is -0.121. The number of benzene rings is 1. The molecule has 3 rings (SSSR count). The van der Waals surface area contributed by atoms with Gasteiger partial charge in [-0.15, -0.1) is 10.2 Å². The molecule has 0 aliphatic carbocycles. The van der Waals surface area contributed by atoms with E-state index in [1.165, 1.54) is 43.5 Å². The van der Waals surface area contributed by atoms with E-state index in [1.54, 1.807) is 0 Å². The van der Waals surface area contributed by atoms with E-state index < -0.39 is 5.91 Å². The molecule has 2 aromatic rings. The fraction of sp³-hybridized carbons (Fsp3) is 0.474. The van der Waals surface area contributed by atoms with Crippen molar-refractivity contribution in [2.75, 3.05) is 31.5 Å². The van der Waals surface area contributed by atoms with Gasteiger partial charge >= 0.3 is 0 Å². The Morgan fingerprint density at radius 1 is 1.11 bits per heavy atom. The third-order valence-electron chi connectivity index (χ3n) is 4.53. The molecule has 0 atom stereocenters. The molecule has 0 unspecified atom stereocenters. The highest BCUT2D eigenvalue weighted by Crippen LogP contribution is 2.15. The van der Waals surface area contributed by atoms with Crippen LogP contribution < -0.4 is 10.6 Å². The average molecular weight is 405 g/mol. The second-order valence-electron chi connectivity index (χ2n) is 6.71. The molecule has 9 heteroatoms. The number of rotatable bonds is 8. The molecule has 7 nitrogen and oxygen atoms in total. The van der Waals surface area contributed by atoms with E-state index in [4.69, 9.17) is 0 Å². The standard InChI is InChI=1S/C19H24FN5O2S/c20-14-4-6-15(7-5-14)22-18(27)19-24-23-17(28-19)9-8-16(26)21-10-13-25-11-2-1-3-12-25/h4-7H,1-3,8-13H2,(H,21,26)(H,22,27). The van der Waals surface area contributed by atoms with Crippen molar-refractivity contribution in [3.05, 3.63) is 40.1 Å². The van der Waals surface area contributed by atoms with Crippen LogP contribution >= 0.6 is 11.3 Å². The summed E-state index contributed by atoms with van der Waals surface area (Å²) in [5.41, 5.74) is 0.483. The van der Waals surface area contributed by atoms with Crippen molar-refractivity contribution in [1.29, 1.82) is 0 Å². The SMILES string of the molecule is O=C(CCc1nnc(C(=O)Nc2ccc(F)cc2)s1)NCCN1CCCCC1. The summed E-state index contributed by atoms with van der Waals surface area (Å²) in [7, 11) is 0. The normalized spacial score (nSPS) is 14.6. The van der Waals surface area contributed by atoms with Gasteiger partial charge < -0.3 is 15.5 Å². The Morgan fingerprint density at radius 2 is 1.86 bits per heavy atom. The summed E-state index contributed by atoms with van der Waals surface area (Å²) < 4.78 is 12.9. The van der Waals surface area contributed by atoms with Gasteiger partial charge in [-0.3, -0.25) is 9.59 Å². The molecule has 0 radical (unpaired) electrons. The summed E-state index contributed by atoms with van der Waals surface area (Å²) in [5, 5.41) is 14.3. The van der Waals surface area contributed by atoms with Crippen LogP contribution in [0.4, 0.5) is 10.1 Å². The van der Waals surface area contributed by atoms with Gasteiger partial charge in [0.25, 0.3) is 5.91 Å². The summed E-state index contributed by atoms with van der Waals surface area (Å²) in [6, 6.07) is 5.49. The fourth-order valence-electron chi connectivity index (χ4n) is 3.01. The van der Waals surface area contributed by atoms with Crippen LogP contribution in [-0.2, 0) is 11.2 Å². The number of aryl methyl sites for hydroxylation is 1. The number of nitrogens with zero attached hydrogens (tertiary/aromatic N) is 3. The molecule has 2 heterocycles. The predicted molar refractivity (Wildman–Crippen MR) is 106 cm³/mol. The first-order valence-corrected chi connectivity index (χ1v) is 10.3. The molecule has 1 fully saturated rings. The van der Waals surface area contributed by atoms with Gasteiger partial charge in [0.1, 0.15) is 10.8 Å². The topological polar surface area (TPSA) is 87.2 Å². The fourth-order valence-corrected chi connectivity index (χ4v) is 3.74. The molecular weight excluding hydrogens is 381 g/mol. The van der Waals surface area contributed by atoms with E-state index >= 15 is 0 Å². The molecular formula is C19H24FN5O2S. The van der Waals surface area contributed by atoms with Crippen molar-refractivity contribution in [3.8, 4) is 0 Å².